The fourth-order valence-corrected chi connectivity index (χ4v) is 2.33. The average Bonchev–Trinajstić information content (AvgIpc) is 2.75. The minimum absolute atomic E-state index is 0.0698. The summed E-state index contributed by atoms with van der Waals surface area (Å²) in [6, 6.07) is 0.156. The molecule has 1 heterocycles. The van der Waals surface area contributed by atoms with Crippen molar-refractivity contribution in [2.24, 2.45) is 10.7 Å². The summed E-state index contributed by atoms with van der Waals surface area (Å²) in [7, 11) is 0. The van der Waals surface area contributed by atoms with Crippen LogP contribution in [0.1, 0.15) is 12.8 Å². The van der Waals surface area contributed by atoms with Gasteiger partial charge in [0.05, 0.1) is 6.61 Å². The van der Waals surface area contributed by atoms with E-state index in [4.69, 9.17) is 22.4 Å². The van der Waals surface area contributed by atoms with Crippen LogP contribution in [0.2, 0.25) is 0 Å². The molecule has 0 aromatic heterocycles. The number of alkyl halides is 1. The number of halogens is 1. The molecule has 6 N–H and O–H groups in total. The van der Waals surface area contributed by atoms with Crippen molar-refractivity contribution in [2.75, 3.05) is 6.61 Å². The fourth-order valence-electron chi connectivity index (χ4n) is 2.09. The number of guanidine groups is 1. The first kappa shape index (κ1) is 13.7. The Labute approximate surface area is 115 Å². The number of amides is 1. The number of nitrogens with one attached hydrogen (secondary N) is 3. The molecule has 0 fully saturated rings. The van der Waals surface area contributed by atoms with Crippen molar-refractivity contribution in [3.63, 3.8) is 0 Å². The van der Waals surface area contributed by atoms with E-state index in [1.165, 1.54) is 6.08 Å². The summed E-state index contributed by atoms with van der Waals surface area (Å²) in [5.74, 6) is 0.692. The number of aliphatic imine (C=N–C) groups is 1. The van der Waals surface area contributed by atoms with Gasteiger partial charge in [-0.25, -0.2) is 4.99 Å². The number of hydrogen-bond acceptors (Lipinski definition) is 6. The lowest BCUT2D eigenvalue weighted by molar-refractivity contribution is -0.110. The molecule has 1 amide bonds. The maximum Gasteiger partial charge on any atom is 0.234 e. The lowest BCUT2D eigenvalue weighted by Crippen LogP contribution is -2.49. The van der Waals surface area contributed by atoms with Crippen LogP contribution in [0.4, 0.5) is 0 Å². The first-order chi connectivity index (χ1) is 9.04. The van der Waals surface area contributed by atoms with Crippen molar-refractivity contribution in [1.29, 1.82) is 0 Å². The first-order valence-corrected chi connectivity index (χ1v) is 6.23. The van der Waals surface area contributed by atoms with E-state index in [1.54, 1.807) is 0 Å². The number of aliphatic hydroxyl groups excluding tert-OH is 1. The summed E-state index contributed by atoms with van der Waals surface area (Å²) in [5.41, 5.74) is 6.62. The van der Waals surface area contributed by atoms with Crippen molar-refractivity contribution in [3.05, 3.63) is 23.5 Å². The molecule has 19 heavy (non-hydrogen) atoms. The van der Waals surface area contributed by atoms with Crippen molar-refractivity contribution >= 4 is 24.0 Å². The van der Waals surface area contributed by atoms with E-state index < -0.39 is 5.12 Å². The summed E-state index contributed by atoms with van der Waals surface area (Å²) < 4.78 is 0. The van der Waals surface area contributed by atoms with Crippen LogP contribution >= 0.6 is 11.6 Å². The maximum absolute atomic E-state index is 10.5. The predicted octanol–water partition coefficient (Wildman–Crippen LogP) is -0.945. The highest BCUT2D eigenvalue weighted by molar-refractivity contribution is 6.26. The lowest BCUT2D eigenvalue weighted by atomic mass is 10.2. The Morgan fingerprint density at radius 1 is 1.74 bits per heavy atom. The Balaban J connectivity index is 2.01. The van der Waals surface area contributed by atoms with E-state index in [0.29, 0.717) is 12.2 Å². The molecule has 2 aliphatic rings. The zero-order chi connectivity index (χ0) is 13.9. The number of hydrogen-bond donors (Lipinski definition) is 5. The summed E-state index contributed by atoms with van der Waals surface area (Å²) in [4.78, 5) is 14.4. The van der Waals surface area contributed by atoms with Gasteiger partial charge in [0.15, 0.2) is 5.96 Å². The molecule has 2 atom stereocenters. The highest BCUT2D eigenvalue weighted by Gasteiger charge is 2.29. The van der Waals surface area contributed by atoms with Crippen LogP contribution < -0.4 is 21.7 Å². The largest absolute Gasteiger partial charge is 0.392 e. The summed E-state index contributed by atoms with van der Waals surface area (Å²) >= 11 is 6.09. The van der Waals surface area contributed by atoms with Gasteiger partial charge in [0.2, 0.25) is 11.5 Å². The maximum atomic E-state index is 10.5. The molecule has 0 spiro atoms. The van der Waals surface area contributed by atoms with Gasteiger partial charge in [0.25, 0.3) is 0 Å². The molecule has 0 bridgehead atoms. The van der Waals surface area contributed by atoms with Crippen molar-refractivity contribution < 1.29 is 9.90 Å². The van der Waals surface area contributed by atoms with Crippen LogP contribution in [0.3, 0.4) is 0 Å². The molecule has 0 radical (unpaired) electrons. The van der Waals surface area contributed by atoms with E-state index in [0.717, 1.165) is 18.4 Å². The van der Waals surface area contributed by atoms with E-state index in [-0.39, 0.29) is 18.6 Å². The molecular formula is C11H16ClN5O2. The van der Waals surface area contributed by atoms with Crippen molar-refractivity contribution in [2.45, 2.75) is 24.0 Å². The SMILES string of the molecule is NC1=NC(Cl)(NC=O)C=C(N[C@@H]2CC=C(CO)C2)N1. The topological polar surface area (TPSA) is 112 Å². The molecule has 0 aromatic rings. The number of nitrogens with zero attached hydrogens (tertiary/aromatic N) is 1. The predicted molar refractivity (Wildman–Crippen MR) is 72.0 cm³/mol. The zero-order valence-corrected chi connectivity index (χ0v) is 10.9. The summed E-state index contributed by atoms with van der Waals surface area (Å²) in [6.07, 6.45) is 5.56. The van der Waals surface area contributed by atoms with Gasteiger partial charge in [-0.3, -0.25) is 4.79 Å². The third-order valence-electron chi connectivity index (χ3n) is 2.91. The lowest BCUT2D eigenvalue weighted by Gasteiger charge is -2.28. The Bertz CT molecular complexity index is 462. The van der Waals surface area contributed by atoms with E-state index >= 15 is 0 Å². The van der Waals surface area contributed by atoms with Crippen molar-refractivity contribution in [1.82, 2.24) is 16.0 Å². The normalized spacial score (nSPS) is 29.8. The van der Waals surface area contributed by atoms with Gasteiger partial charge in [0, 0.05) is 12.1 Å². The van der Waals surface area contributed by atoms with Crippen LogP contribution in [0.15, 0.2) is 28.5 Å². The third kappa shape index (κ3) is 3.39. The van der Waals surface area contributed by atoms with Gasteiger partial charge < -0.3 is 26.8 Å². The van der Waals surface area contributed by atoms with Gasteiger partial charge in [-0.2, -0.15) is 0 Å². The Morgan fingerprint density at radius 2 is 2.53 bits per heavy atom. The smallest absolute Gasteiger partial charge is 0.234 e. The van der Waals surface area contributed by atoms with Crippen molar-refractivity contribution in [3.8, 4) is 0 Å². The van der Waals surface area contributed by atoms with Gasteiger partial charge in [-0.1, -0.05) is 17.7 Å². The molecule has 2 rings (SSSR count). The monoisotopic (exact) mass is 285 g/mol. The van der Waals surface area contributed by atoms with Gasteiger partial charge in [0.1, 0.15) is 5.82 Å². The standard InChI is InChI=1S/C11H16ClN5O2/c12-11(14-6-19)4-9(16-10(13)17-11)15-8-2-1-7(3-8)5-18/h1,4,6,8,15,18H,2-3,5H2,(H,14,19)(H3,13,16,17)/t8-,11?/m1/s1. The minimum atomic E-state index is -1.37. The number of carbonyl (C=O) groups excluding carboxylic acids is 1. The van der Waals surface area contributed by atoms with Gasteiger partial charge >= 0.3 is 0 Å². The molecule has 1 aliphatic heterocycles. The molecule has 0 saturated heterocycles. The zero-order valence-electron chi connectivity index (χ0n) is 10.2. The number of rotatable bonds is 5. The van der Waals surface area contributed by atoms with Gasteiger partial charge in [-0.15, -0.1) is 0 Å². The second-order valence-electron chi connectivity index (χ2n) is 4.42. The molecular weight excluding hydrogens is 270 g/mol. The van der Waals surface area contributed by atoms with E-state index in [2.05, 4.69) is 20.9 Å². The highest BCUT2D eigenvalue weighted by atomic mass is 35.5. The van der Waals surface area contributed by atoms with Crippen LogP contribution in [0.25, 0.3) is 0 Å². The molecule has 0 aromatic carbocycles. The summed E-state index contributed by atoms with van der Waals surface area (Å²) in [5, 5.41) is 16.1. The van der Waals surface area contributed by atoms with Crippen LogP contribution in [-0.2, 0) is 4.79 Å². The van der Waals surface area contributed by atoms with E-state index in [1.807, 2.05) is 6.08 Å². The molecule has 1 aliphatic carbocycles. The number of carbonyl (C=O) groups is 1. The van der Waals surface area contributed by atoms with E-state index in [9.17, 15) is 4.79 Å². The number of nitrogens with two attached hydrogens (primary N) is 1. The second-order valence-corrected chi connectivity index (χ2v) is 4.99. The fraction of sp³-hybridized carbons (Fsp3) is 0.455. The second kappa shape index (κ2) is 5.50. The Hall–Kier alpha value is -1.73. The summed E-state index contributed by atoms with van der Waals surface area (Å²) in [6.45, 7) is 0.0698. The molecule has 7 nitrogen and oxygen atoms in total. The Kier molecular flexibility index (Phi) is 3.96. The van der Waals surface area contributed by atoms with Crippen LogP contribution in [0.5, 0.6) is 0 Å². The molecule has 104 valence electrons. The Morgan fingerprint density at radius 3 is 3.16 bits per heavy atom. The third-order valence-corrected chi connectivity index (χ3v) is 3.21. The highest BCUT2D eigenvalue weighted by Crippen LogP contribution is 2.22. The molecule has 0 saturated carbocycles. The quantitative estimate of drug-likeness (QED) is 0.194. The van der Waals surface area contributed by atoms with Crippen LogP contribution in [-0.4, -0.2) is 35.2 Å². The molecule has 8 heteroatoms. The average molecular weight is 286 g/mol. The first-order valence-electron chi connectivity index (χ1n) is 5.85. The van der Waals surface area contributed by atoms with Crippen LogP contribution in [0, 0.1) is 0 Å². The minimum Gasteiger partial charge on any atom is -0.392 e. The molecule has 1 unspecified atom stereocenters. The van der Waals surface area contributed by atoms with Gasteiger partial charge in [-0.05, 0) is 18.4 Å². The number of aliphatic hydroxyl groups is 1.